The van der Waals surface area contributed by atoms with E-state index in [1.165, 1.54) is 19.2 Å². The molecule has 21 heavy (non-hydrogen) atoms. The largest absolute Gasteiger partial charge is 0.389 e. The first kappa shape index (κ1) is 15.1. The van der Waals surface area contributed by atoms with E-state index < -0.39 is 11.0 Å². The molecule has 0 aliphatic rings. The standard InChI is InChI=1S/C14H17N3O4/c1-9-5-14(15-7-11(18)8-21-2)12-6-10(17(19)20)3-4-13(12)16-9/h3-6,11,18H,7-8H2,1-2H3,(H,15,16)/t11-/m1/s1. The molecule has 0 unspecified atom stereocenters. The summed E-state index contributed by atoms with van der Waals surface area (Å²) in [5.41, 5.74) is 2.18. The Kier molecular flexibility index (Phi) is 4.66. The van der Waals surface area contributed by atoms with Crippen molar-refractivity contribution in [3.8, 4) is 0 Å². The molecule has 7 nitrogen and oxygen atoms in total. The number of methoxy groups -OCH3 is 1. The topological polar surface area (TPSA) is 97.5 Å². The number of nitrogens with zero attached hydrogens (tertiary/aromatic N) is 2. The second-order valence-corrected chi connectivity index (χ2v) is 4.76. The SMILES string of the molecule is COC[C@H](O)CNc1cc(C)nc2ccc([N+](=O)[O-])cc12. The van der Waals surface area contributed by atoms with Crippen LogP contribution >= 0.6 is 0 Å². The van der Waals surface area contributed by atoms with Gasteiger partial charge in [0.05, 0.1) is 23.2 Å². The predicted molar refractivity (Wildman–Crippen MR) is 79.5 cm³/mol. The predicted octanol–water partition coefficient (Wildman–Crippen LogP) is 1.87. The maximum atomic E-state index is 10.9. The molecule has 0 saturated heterocycles. The van der Waals surface area contributed by atoms with Gasteiger partial charge in [-0.25, -0.2) is 0 Å². The molecule has 0 spiro atoms. The summed E-state index contributed by atoms with van der Waals surface area (Å²) >= 11 is 0. The smallest absolute Gasteiger partial charge is 0.270 e. The van der Waals surface area contributed by atoms with Crippen molar-refractivity contribution in [1.29, 1.82) is 0 Å². The third-order valence-corrected chi connectivity index (χ3v) is 3.02. The number of hydrogen-bond acceptors (Lipinski definition) is 6. The van der Waals surface area contributed by atoms with Crippen molar-refractivity contribution < 1.29 is 14.8 Å². The number of aryl methyl sites for hydroxylation is 1. The van der Waals surface area contributed by atoms with E-state index in [1.54, 1.807) is 12.1 Å². The van der Waals surface area contributed by atoms with Crippen LogP contribution in [-0.2, 0) is 4.74 Å². The number of aliphatic hydroxyl groups is 1. The number of rotatable bonds is 6. The number of pyridine rings is 1. The Balaban J connectivity index is 2.36. The number of aliphatic hydroxyl groups excluding tert-OH is 1. The molecule has 2 aromatic rings. The van der Waals surface area contributed by atoms with E-state index in [-0.39, 0.29) is 18.8 Å². The minimum absolute atomic E-state index is 0.00800. The average molecular weight is 291 g/mol. The van der Waals surface area contributed by atoms with E-state index in [0.29, 0.717) is 16.6 Å². The molecule has 1 aromatic heterocycles. The first-order chi connectivity index (χ1) is 10.0. The number of hydrogen-bond donors (Lipinski definition) is 2. The minimum Gasteiger partial charge on any atom is -0.389 e. The molecule has 0 bridgehead atoms. The van der Waals surface area contributed by atoms with Crippen LogP contribution in [0.5, 0.6) is 0 Å². The lowest BCUT2D eigenvalue weighted by Crippen LogP contribution is -2.24. The molecule has 7 heteroatoms. The highest BCUT2D eigenvalue weighted by molar-refractivity contribution is 5.93. The lowest BCUT2D eigenvalue weighted by atomic mass is 10.1. The molecule has 1 heterocycles. The summed E-state index contributed by atoms with van der Waals surface area (Å²) < 4.78 is 4.86. The van der Waals surface area contributed by atoms with E-state index >= 15 is 0 Å². The molecule has 0 aliphatic carbocycles. The van der Waals surface area contributed by atoms with Gasteiger partial charge in [-0.1, -0.05) is 0 Å². The lowest BCUT2D eigenvalue weighted by Gasteiger charge is -2.14. The van der Waals surface area contributed by atoms with Gasteiger partial charge in [-0.2, -0.15) is 0 Å². The Bertz CT molecular complexity index is 660. The number of aromatic nitrogens is 1. The highest BCUT2D eigenvalue weighted by Crippen LogP contribution is 2.27. The third-order valence-electron chi connectivity index (χ3n) is 3.02. The summed E-state index contributed by atoms with van der Waals surface area (Å²) in [4.78, 5) is 14.8. The Hall–Kier alpha value is -2.25. The van der Waals surface area contributed by atoms with Crippen molar-refractivity contribution in [2.24, 2.45) is 0 Å². The highest BCUT2D eigenvalue weighted by atomic mass is 16.6. The number of anilines is 1. The van der Waals surface area contributed by atoms with Gasteiger partial charge in [0, 0.05) is 42.6 Å². The molecule has 0 amide bonds. The molecule has 0 aliphatic heterocycles. The fourth-order valence-electron chi connectivity index (χ4n) is 2.09. The van der Waals surface area contributed by atoms with Crippen LogP contribution in [0.1, 0.15) is 5.69 Å². The van der Waals surface area contributed by atoms with Gasteiger partial charge in [-0.15, -0.1) is 0 Å². The number of non-ortho nitro benzene ring substituents is 1. The summed E-state index contributed by atoms with van der Waals surface area (Å²) in [5.74, 6) is 0. The molecule has 1 atom stereocenters. The van der Waals surface area contributed by atoms with Gasteiger partial charge in [0.25, 0.3) is 5.69 Å². The Labute approximate surface area is 121 Å². The van der Waals surface area contributed by atoms with E-state index in [1.807, 2.05) is 6.92 Å². The van der Waals surface area contributed by atoms with Gasteiger partial charge in [-0.05, 0) is 19.1 Å². The number of nitro groups is 1. The van der Waals surface area contributed by atoms with Crippen LogP contribution in [0, 0.1) is 17.0 Å². The van der Waals surface area contributed by atoms with Crippen molar-refractivity contribution in [2.75, 3.05) is 25.6 Å². The van der Waals surface area contributed by atoms with Crippen LogP contribution < -0.4 is 5.32 Å². The van der Waals surface area contributed by atoms with Crippen LogP contribution in [0.2, 0.25) is 0 Å². The summed E-state index contributed by atoms with van der Waals surface area (Å²) in [6.45, 7) is 2.35. The zero-order valence-corrected chi connectivity index (χ0v) is 11.9. The van der Waals surface area contributed by atoms with E-state index in [9.17, 15) is 15.2 Å². The maximum absolute atomic E-state index is 10.9. The number of nitrogens with one attached hydrogen (secondary N) is 1. The number of nitro benzene ring substituents is 1. The second kappa shape index (κ2) is 6.47. The monoisotopic (exact) mass is 291 g/mol. The molecular weight excluding hydrogens is 274 g/mol. The molecule has 2 rings (SSSR count). The molecule has 0 saturated carbocycles. The fraction of sp³-hybridized carbons (Fsp3) is 0.357. The number of ether oxygens (including phenoxy) is 1. The second-order valence-electron chi connectivity index (χ2n) is 4.76. The summed E-state index contributed by atoms with van der Waals surface area (Å²) in [5, 5.41) is 24.3. The van der Waals surface area contributed by atoms with Gasteiger partial charge >= 0.3 is 0 Å². The van der Waals surface area contributed by atoms with Gasteiger partial charge in [-0.3, -0.25) is 15.1 Å². The summed E-state index contributed by atoms with van der Waals surface area (Å²) in [7, 11) is 1.51. The van der Waals surface area contributed by atoms with Crippen molar-refractivity contribution >= 4 is 22.3 Å². The first-order valence-electron chi connectivity index (χ1n) is 6.48. The first-order valence-corrected chi connectivity index (χ1v) is 6.48. The third kappa shape index (κ3) is 3.65. The van der Waals surface area contributed by atoms with Crippen molar-refractivity contribution in [1.82, 2.24) is 4.98 Å². The Morgan fingerprint density at radius 1 is 1.48 bits per heavy atom. The number of fused-ring (bicyclic) bond motifs is 1. The molecule has 2 N–H and O–H groups in total. The molecular formula is C14H17N3O4. The summed E-state index contributed by atoms with van der Waals surface area (Å²) in [6.07, 6.45) is -0.655. The Morgan fingerprint density at radius 2 is 2.24 bits per heavy atom. The van der Waals surface area contributed by atoms with E-state index in [4.69, 9.17) is 4.74 Å². The minimum atomic E-state index is -0.655. The summed E-state index contributed by atoms with van der Waals surface area (Å²) in [6, 6.07) is 6.33. The molecule has 112 valence electrons. The van der Waals surface area contributed by atoms with Crippen LogP contribution in [0.3, 0.4) is 0 Å². The van der Waals surface area contributed by atoms with Crippen molar-refractivity contribution in [3.05, 3.63) is 40.1 Å². The molecule has 0 radical (unpaired) electrons. The quantitative estimate of drug-likeness (QED) is 0.623. The fourth-order valence-corrected chi connectivity index (χ4v) is 2.09. The van der Waals surface area contributed by atoms with Crippen LogP contribution in [-0.4, -0.2) is 41.4 Å². The van der Waals surface area contributed by atoms with Crippen LogP contribution in [0.25, 0.3) is 10.9 Å². The average Bonchev–Trinajstić information content (AvgIpc) is 2.44. The highest BCUT2D eigenvalue weighted by Gasteiger charge is 2.11. The van der Waals surface area contributed by atoms with Gasteiger partial charge in [0.1, 0.15) is 0 Å². The zero-order chi connectivity index (χ0) is 15.4. The number of benzene rings is 1. The zero-order valence-electron chi connectivity index (χ0n) is 11.9. The van der Waals surface area contributed by atoms with E-state index in [0.717, 1.165) is 5.69 Å². The van der Waals surface area contributed by atoms with Crippen molar-refractivity contribution in [2.45, 2.75) is 13.0 Å². The molecule has 0 fully saturated rings. The lowest BCUT2D eigenvalue weighted by molar-refractivity contribution is -0.384. The van der Waals surface area contributed by atoms with Crippen LogP contribution in [0.4, 0.5) is 11.4 Å². The van der Waals surface area contributed by atoms with Gasteiger partial charge < -0.3 is 15.2 Å². The Morgan fingerprint density at radius 3 is 2.90 bits per heavy atom. The van der Waals surface area contributed by atoms with Gasteiger partial charge in [0.2, 0.25) is 0 Å². The van der Waals surface area contributed by atoms with Gasteiger partial charge in [0.15, 0.2) is 0 Å². The molecule has 1 aromatic carbocycles. The van der Waals surface area contributed by atoms with E-state index in [2.05, 4.69) is 10.3 Å². The normalized spacial score (nSPS) is 12.3. The van der Waals surface area contributed by atoms with Crippen LogP contribution in [0.15, 0.2) is 24.3 Å². The van der Waals surface area contributed by atoms with Crippen molar-refractivity contribution in [3.63, 3.8) is 0 Å². The maximum Gasteiger partial charge on any atom is 0.270 e.